The van der Waals surface area contributed by atoms with Crippen LogP contribution in [0.15, 0.2) is 255 Å². The minimum atomic E-state index is 1.000. The Kier molecular flexibility index (Phi) is 9.17. The minimum Gasteiger partial charge on any atom is -0.291 e. The Hall–Kier alpha value is -9.15. The van der Waals surface area contributed by atoms with Crippen LogP contribution in [0.4, 0.5) is 0 Å². The average Bonchev–Trinajstić information content (AvgIpc) is 4.04. The van der Waals surface area contributed by atoms with Crippen LogP contribution in [0, 0.1) is 0 Å². The molecule has 0 aliphatic heterocycles. The number of aromatic nitrogens is 2. The highest BCUT2D eigenvalue weighted by molar-refractivity contribution is 7.26. The van der Waals surface area contributed by atoms with Crippen LogP contribution in [-0.2, 0) is 0 Å². The Morgan fingerprint density at radius 1 is 0.306 bits per heavy atom. The second-order valence-electron chi connectivity index (χ2n) is 19.1. The first-order valence-electron chi connectivity index (χ1n) is 24.7. The second-order valence-corrected chi connectivity index (χ2v) is 20.1. The first-order valence-corrected chi connectivity index (χ1v) is 25.5. The third-order valence-electron chi connectivity index (χ3n) is 14.9. The van der Waals surface area contributed by atoms with Crippen molar-refractivity contribution < 1.29 is 0 Å². The second kappa shape index (κ2) is 16.2. The van der Waals surface area contributed by atoms with E-state index in [1.807, 2.05) is 11.3 Å². The zero-order chi connectivity index (χ0) is 47.3. The van der Waals surface area contributed by atoms with Crippen molar-refractivity contribution in [3.63, 3.8) is 0 Å². The van der Waals surface area contributed by atoms with Crippen molar-refractivity contribution in [3.05, 3.63) is 255 Å². The largest absolute Gasteiger partial charge is 0.291 e. The molecule has 0 saturated carbocycles. The van der Waals surface area contributed by atoms with Gasteiger partial charge in [0.1, 0.15) is 0 Å². The third kappa shape index (κ3) is 6.52. The smallest absolute Gasteiger partial charge is 0.156 e. The van der Waals surface area contributed by atoms with Crippen LogP contribution >= 0.6 is 11.3 Å². The van der Waals surface area contributed by atoms with Crippen molar-refractivity contribution in [2.75, 3.05) is 0 Å². The van der Waals surface area contributed by atoms with E-state index in [-0.39, 0.29) is 0 Å². The van der Waals surface area contributed by atoms with Gasteiger partial charge in [0.15, 0.2) is 5.65 Å². The molecule has 0 aliphatic carbocycles. The quantitative estimate of drug-likeness (QED) is 0.152. The lowest BCUT2D eigenvalue weighted by Crippen LogP contribution is -1.93. The van der Waals surface area contributed by atoms with E-state index in [9.17, 15) is 0 Å². The van der Waals surface area contributed by atoms with Gasteiger partial charge in [0.05, 0.1) is 21.4 Å². The topological polar surface area (TPSA) is 17.3 Å². The predicted octanol–water partition coefficient (Wildman–Crippen LogP) is 19.5. The van der Waals surface area contributed by atoms with E-state index in [4.69, 9.17) is 4.98 Å². The number of benzene rings is 12. The number of nitrogens with zero attached hydrogens (tertiary/aromatic N) is 2. The van der Waals surface area contributed by atoms with Gasteiger partial charge in [0, 0.05) is 20.9 Å². The fraction of sp³-hybridized carbons (Fsp3) is 0. The number of hydrogen-bond acceptors (Lipinski definition) is 2. The number of pyridine rings is 1. The minimum absolute atomic E-state index is 1.000. The number of fused-ring (bicyclic) bond motifs is 13. The van der Waals surface area contributed by atoms with Crippen molar-refractivity contribution in [3.8, 4) is 66.9 Å². The average molecular weight is 931 g/mol. The number of rotatable bonds is 6. The van der Waals surface area contributed by atoms with Crippen LogP contribution in [0.1, 0.15) is 0 Å². The molecule has 0 saturated heterocycles. The predicted molar refractivity (Wildman–Crippen MR) is 308 cm³/mol. The molecule has 3 aromatic heterocycles. The Bertz CT molecular complexity index is 4580. The molecule has 0 aliphatic rings. The maximum Gasteiger partial charge on any atom is 0.156 e. The van der Waals surface area contributed by atoms with Gasteiger partial charge in [-0.1, -0.05) is 206 Å². The molecule has 12 aromatic carbocycles. The van der Waals surface area contributed by atoms with Crippen LogP contribution in [0.5, 0.6) is 0 Å². The van der Waals surface area contributed by atoms with E-state index in [0.29, 0.717) is 0 Å². The molecule has 0 unspecified atom stereocenters. The van der Waals surface area contributed by atoms with Crippen LogP contribution in [0.3, 0.4) is 0 Å². The molecule has 72 heavy (non-hydrogen) atoms. The molecule has 0 bridgehead atoms. The maximum absolute atomic E-state index is 5.60. The molecule has 0 fully saturated rings. The van der Waals surface area contributed by atoms with Crippen molar-refractivity contribution in [2.45, 2.75) is 0 Å². The number of hydrogen-bond donors (Lipinski definition) is 0. The molecule has 0 amide bonds. The van der Waals surface area contributed by atoms with Gasteiger partial charge in [-0.25, -0.2) is 4.98 Å². The lowest BCUT2D eigenvalue weighted by Gasteiger charge is -2.14. The summed E-state index contributed by atoms with van der Waals surface area (Å²) in [5.41, 5.74) is 17.5. The highest BCUT2D eigenvalue weighted by Crippen LogP contribution is 2.45. The van der Waals surface area contributed by atoms with Crippen molar-refractivity contribution in [1.82, 2.24) is 9.38 Å². The summed E-state index contributed by atoms with van der Waals surface area (Å²) in [6.45, 7) is 0. The normalized spacial score (nSPS) is 11.9. The highest BCUT2D eigenvalue weighted by atomic mass is 32.1. The molecular formula is C69H42N2S. The summed E-state index contributed by atoms with van der Waals surface area (Å²) in [7, 11) is 0. The molecule has 15 rings (SSSR count). The lowest BCUT2D eigenvalue weighted by molar-refractivity contribution is 1.25. The van der Waals surface area contributed by atoms with Crippen molar-refractivity contribution >= 4 is 91.3 Å². The molecule has 15 aromatic rings. The first kappa shape index (κ1) is 40.7. The van der Waals surface area contributed by atoms with E-state index in [1.54, 1.807) is 0 Å². The Morgan fingerprint density at radius 3 is 1.43 bits per heavy atom. The van der Waals surface area contributed by atoms with E-state index in [0.717, 1.165) is 27.9 Å². The standard InChI is InChI=1S/C69H42N2S/c1-3-13-43(14-4-1)53-38-54(44-15-5-2-6-16-44)40-55(39-53)45-23-25-47(26-24-45)56-33-34-57(60-22-12-11-21-59(56)60)48-27-29-49(30-28-48)64-42-62-66-58-20-10-9-17-46(58)32-36-65(66)72-68(62)69-70-67-61-41-51-19-8-7-18-50(51)37-52(61)31-35-63(67)71(64)69/h1-42H. The summed E-state index contributed by atoms with van der Waals surface area (Å²) >= 11 is 1.85. The molecule has 0 N–H and O–H groups in total. The zero-order valence-corrected chi connectivity index (χ0v) is 39.9. The van der Waals surface area contributed by atoms with Gasteiger partial charge < -0.3 is 0 Å². The summed E-state index contributed by atoms with van der Waals surface area (Å²) in [5.74, 6) is 0. The molecule has 334 valence electrons. The van der Waals surface area contributed by atoms with E-state index < -0.39 is 0 Å². The van der Waals surface area contributed by atoms with Gasteiger partial charge in [-0.15, -0.1) is 11.3 Å². The lowest BCUT2D eigenvalue weighted by atomic mass is 9.90. The van der Waals surface area contributed by atoms with Crippen LogP contribution in [-0.4, -0.2) is 9.38 Å². The summed E-state index contributed by atoms with van der Waals surface area (Å²) in [6.07, 6.45) is 0. The molecule has 0 spiro atoms. The Morgan fingerprint density at radius 2 is 0.806 bits per heavy atom. The fourth-order valence-electron chi connectivity index (χ4n) is 11.4. The Labute approximate surface area is 420 Å². The van der Waals surface area contributed by atoms with Crippen LogP contribution < -0.4 is 0 Å². The molecule has 3 heteroatoms. The summed E-state index contributed by atoms with van der Waals surface area (Å²) in [6, 6.07) is 93.6. The number of imidazole rings is 1. The summed E-state index contributed by atoms with van der Waals surface area (Å²) < 4.78 is 4.90. The van der Waals surface area contributed by atoms with Gasteiger partial charge >= 0.3 is 0 Å². The van der Waals surface area contributed by atoms with Gasteiger partial charge in [-0.05, 0) is 147 Å². The van der Waals surface area contributed by atoms with Gasteiger partial charge in [-0.3, -0.25) is 4.40 Å². The first-order chi connectivity index (χ1) is 35.7. The summed E-state index contributed by atoms with van der Waals surface area (Å²) in [4.78, 5) is 5.60. The molecule has 0 radical (unpaired) electrons. The highest BCUT2D eigenvalue weighted by Gasteiger charge is 2.21. The third-order valence-corrected chi connectivity index (χ3v) is 16.1. The summed E-state index contributed by atoms with van der Waals surface area (Å²) in [5, 5.41) is 12.4. The van der Waals surface area contributed by atoms with Gasteiger partial charge in [0.2, 0.25) is 0 Å². The van der Waals surface area contributed by atoms with Crippen LogP contribution in [0.25, 0.3) is 147 Å². The van der Waals surface area contributed by atoms with E-state index >= 15 is 0 Å². The van der Waals surface area contributed by atoms with Crippen molar-refractivity contribution in [2.24, 2.45) is 0 Å². The molecule has 0 atom stereocenters. The number of thiophene rings is 1. The monoisotopic (exact) mass is 930 g/mol. The van der Waals surface area contributed by atoms with E-state index in [1.165, 1.54) is 119 Å². The molecule has 3 heterocycles. The zero-order valence-electron chi connectivity index (χ0n) is 39.1. The fourth-order valence-corrected chi connectivity index (χ4v) is 12.6. The maximum atomic E-state index is 5.60. The SMILES string of the molecule is c1ccc(-c2cc(-c3ccccc3)cc(-c3ccc(-c4ccc(-c5ccc(-c6cc7c(sc8ccc9ccccc9c87)c7nc8c9cc%10ccccc%10cc9ccc8n67)cc5)c5ccccc45)cc3)c2)cc1. The van der Waals surface area contributed by atoms with Gasteiger partial charge in [0.25, 0.3) is 0 Å². The van der Waals surface area contributed by atoms with Crippen molar-refractivity contribution in [1.29, 1.82) is 0 Å². The van der Waals surface area contributed by atoms with Crippen LogP contribution in [0.2, 0.25) is 0 Å². The van der Waals surface area contributed by atoms with E-state index in [2.05, 4.69) is 259 Å². The molecular weight excluding hydrogens is 889 g/mol. The molecule has 2 nitrogen and oxygen atoms in total. The van der Waals surface area contributed by atoms with Gasteiger partial charge in [-0.2, -0.15) is 0 Å². The Balaban J connectivity index is 0.840.